The molecule has 0 aromatic carbocycles. The summed E-state index contributed by atoms with van der Waals surface area (Å²) < 4.78 is 4.77. The Morgan fingerprint density at radius 2 is 1.70 bits per heavy atom. The minimum absolute atomic E-state index is 0.153. The molecule has 108 valence electrons. The van der Waals surface area contributed by atoms with E-state index in [-0.39, 0.29) is 41.4 Å². The lowest BCUT2D eigenvalue weighted by Crippen LogP contribution is -2.49. The second-order valence-corrected chi connectivity index (χ2v) is 6.26. The molecule has 0 aromatic rings. The number of hydrogen-bond acceptors (Lipinski definition) is 4. The van der Waals surface area contributed by atoms with Gasteiger partial charge in [0, 0.05) is 0 Å². The second kappa shape index (κ2) is 4.43. The number of hydrogen-bond donors (Lipinski definition) is 0. The average molecular weight is 277 g/mol. The monoisotopic (exact) mass is 277 g/mol. The Hall–Kier alpha value is -1.65. The first kappa shape index (κ1) is 13.3. The summed E-state index contributed by atoms with van der Waals surface area (Å²) in [6.45, 7) is 3.65. The predicted molar refractivity (Wildman–Crippen MR) is 70.2 cm³/mol. The SMILES string of the molecule is COC(=O)[C@H](C(C)C)N1C(=O)[C@@H]2[C@H](C1=O)[C@@H]1C=C[C@@H]2C1. The summed E-state index contributed by atoms with van der Waals surface area (Å²) in [4.78, 5) is 38.4. The van der Waals surface area contributed by atoms with Crippen LogP contribution in [0.1, 0.15) is 20.3 Å². The first-order valence-corrected chi connectivity index (χ1v) is 7.10. The molecule has 3 rings (SSSR count). The average Bonchev–Trinajstić information content (AvgIpc) is 3.07. The van der Waals surface area contributed by atoms with Crippen molar-refractivity contribution in [2.45, 2.75) is 26.3 Å². The largest absolute Gasteiger partial charge is 0.467 e. The van der Waals surface area contributed by atoms with E-state index in [2.05, 4.69) is 0 Å². The van der Waals surface area contributed by atoms with Crippen LogP contribution in [-0.2, 0) is 19.1 Å². The Morgan fingerprint density at radius 3 is 2.10 bits per heavy atom. The summed E-state index contributed by atoms with van der Waals surface area (Å²) in [6.07, 6.45) is 4.98. The van der Waals surface area contributed by atoms with Crippen LogP contribution in [0.2, 0.25) is 0 Å². The van der Waals surface area contributed by atoms with Crippen molar-refractivity contribution in [1.29, 1.82) is 0 Å². The highest BCUT2D eigenvalue weighted by molar-refractivity contribution is 6.09. The summed E-state index contributed by atoms with van der Waals surface area (Å²) in [5.41, 5.74) is 0. The highest BCUT2D eigenvalue weighted by Crippen LogP contribution is 2.53. The summed E-state index contributed by atoms with van der Waals surface area (Å²) in [5, 5.41) is 0. The van der Waals surface area contributed by atoms with E-state index in [9.17, 15) is 14.4 Å². The minimum atomic E-state index is -0.801. The quantitative estimate of drug-likeness (QED) is 0.438. The van der Waals surface area contributed by atoms with Gasteiger partial charge in [-0.1, -0.05) is 26.0 Å². The van der Waals surface area contributed by atoms with Gasteiger partial charge in [-0.05, 0) is 24.2 Å². The van der Waals surface area contributed by atoms with Gasteiger partial charge in [0.15, 0.2) is 0 Å². The van der Waals surface area contributed by atoms with Gasteiger partial charge in [0.05, 0.1) is 18.9 Å². The predicted octanol–water partition coefficient (Wildman–Crippen LogP) is 0.991. The van der Waals surface area contributed by atoms with E-state index in [1.54, 1.807) is 0 Å². The third-order valence-corrected chi connectivity index (χ3v) is 4.86. The molecule has 3 aliphatic rings. The number of ether oxygens (including phenoxy) is 1. The van der Waals surface area contributed by atoms with Gasteiger partial charge in [0.25, 0.3) is 0 Å². The van der Waals surface area contributed by atoms with Crippen LogP contribution < -0.4 is 0 Å². The van der Waals surface area contributed by atoms with Crippen LogP contribution in [-0.4, -0.2) is 35.8 Å². The van der Waals surface area contributed by atoms with E-state index in [1.807, 2.05) is 26.0 Å². The minimum Gasteiger partial charge on any atom is -0.467 e. The molecule has 0 N–H and O–H groups in total. The molecular formula is C15H19NO4. The lowest BCUT2D eigenvalue weighted by molar-refractivity contribution is -0.159. The molecule has 2 bridgehead atoms. The van der Waals surface area contributed by atoms with E-state index in [0.29, 0.717) is 0 Å². The normalized spacial score (nSPS) is 35.9. The number of fused-ring (bicyclic) bond motifs is 5. The van der Waals surface area contributed by atoms with Crippen molar-refractivity contribution in [3.8, 4) is 0 Å². The van der Waals surface area contributed by atoms with E-state index in [0.717, 1.165) is 6.42 Å². The first-order chi connectivity index (χ1) is 9.47. The third kappa shape index (κ3) is 1.58. The van der Waals surface area contributed by atoms with E-state index in [4.69, 9.17) is 4.74 Å². The van der Waals surface area contributed by atoms with Crippen LogP contribution in [0.5, 0.6) is 0 Å². The van der Waals surface area contributed by atoms with Crippen molar-refractivity contribution in [2.24, 2.45) is 29.6 Å². The topological polar surface area (TPSA) is 63.7 Å². The molecule has 0 aromatic heterocycles. The molecule has 1 saturated heterocycles. The molecule has 20 heavy (non-hydrogen) atoms. The molecule has 5 nitrogen and oxygen atoms in total. The van der Waals surface area contributed by atoms with Crippen LogP contribution in [0.3, 0.4) is 0 Å². The van der Waals surface area contributed by atoms with Gasteiger partial charge >= 0.3 is 5.97 Å². The molecule has 5 atom stereocenters. The van der Waals surface area contributed by atoms with Crippen LogP contribution in [0, 0.1) is 29.6 Å². The van der Waals surface area contributed by atoms with Gasteiger partial charge in [-0.15, -0.1) is 0 Å². The van der Waals surface area contributed by atoms with Crippen molar-refractivity contribution in [3.63, 3.8) is 0 Å². The van der Waals surface area contributed by atoms with Gasteiger partial charge in [-0.3, -0.25) is 14.5 Å². The number of likely N-dealkylation sites (tertiary alicyclic amines) is 1. The maximum Gasteiger partial charge on any atom is 0.329 e. The number of carbonyl (C=O) groups excluding carboxylic acids is 3. The smallest absolute Gasteiger partial charge is 0.329 e. The molecule has 0 spiro atoms. The van der Waals surface area contributed by atoms with E-state index >= 15 is 0 Å². The molecule has 2 aliphatic carbocycles. The Morgan fingerprint density at radius 1 is 1.20 bits per heavy atom. The maximum absolute atomic E-state index is 12.6. The molecule has 1 heterocycles. The molecule has 5 heteroatoms. The molecule has 2 fully saturated rings. The summed E-state index contributed by atoms with van der Waals surface area (Å²) in [5.74, 6) is -1.25. The summed E-state index contributed by atoms with van der Waals surface area (Å²) in [6, 6.07) is -0.801. The number of esters is 1. The van der Waals surface area contributed by atoms with Gasteiger partial charge in [0.2, 0.25) is 11.8 Å². The fraction of sp³-hybridized carbons (Fsp3) is 0.667. The van der Waals surface area contributed by atoms with Crippen LogP contribution in [0.4, 0.5) is 0 Å². The number of imide groups is 1. The second-order valence-electron chi connectivity index (χ2n) is 6.26. The number of amides is 2. The van der Waals surface area contributed by atoms with E-state index in [1.165, 1.54) is 12.0 Å². The molecule has 0 unspecified atom stereocenters. The zero-order chi connectivity index (χ0) is 14.6. The fourth-order valence-corrected chi connectivity index (χ4v) is 4.00. The summed E-state index contributed by atoms with van der Waals surface area (Å²) in [7, 11) is 1.29. The maximum atomic E-state index is 12.6. The standard InChI is InChI=1S/C15H19NO4/c1-7(2)12(15(19)20-3)16-13(17)10-8-4-5-9(6-8)11(10)14(16)18/h4-5,7-12H,6H2,1-3H3/t8-,9-,10-,11+,12+/m1/s1. The molecular weight excluding hydrogens is 258 g/mol. The molecule has 1 aliphatic heterocycles. The van der Waals surface area contributed by atoms with Crippen molar-refractivity contribution in [3.05, 3.63) is 12.2 Å². The molecule has 2 amide bonds. The van der Waals surface area contributed by atoms with Crippen molar-refractivity contribution < 1.29 is 19.1 Å². The number of nitrogens with zero attached hydrogens (tertiary/aromatic N) is 1. The van der Waals surface area contributed by atoms with Crippen molar-refractivity contribution >= 4 is 17.8 Å². The fourth-order valence-electron chi connectivity index (χ4n) is 4.00. The number of allylic oxidation sites excluding steroid dienone is 2. The number of rotatable bonds is 3. The highest BCUT2D eigenvalue weighted by Gasteiger charge is 2.61. The van der Waals surface area contributed by atoms with Crippen molar-refractivity contribution in [2.75, 3.05) is 7.11 Å². The Balaban J connectivity index is 1.94. The number of carbonyl (C=O) groups is 3. The van der Waals surface area contributed by atoms with Crippen LogP contribution >= 0.6 is 0 Å². The zero-order valence-electron chi connectivity index (χ0n) is 11.9. The Labute approximate surface area is 117 Å². The van der Waals surface area contributed by atoms with Gasteiger partial charge < -0.3 is 4.74 Å². The first-order valence-electron chi connectivity index (χ1n) is 7.10. The molecule has 0 radical (unpaired) electrons. The van der Waals surface area contributed by atoms with Crippen LogP contribution in [0.15, 0.2) is 12.2 Å². The third-order valence-electron chi connectivity index (χ3n) is 4.86. The van der Waals surface area contributed by atoms with Crippen molar-refractivity contribution in [1.82, 2.24) is 4.90 Å². The van der Waals surface area contributed by atoms with E-state index < -0.39 is 12.0 Å². The van der Waals surface area contributed by atoms with Gasteiger partial charge in [-0.25, -0.2) is 4.79 Å². The highest BCUT2D eigenvalue weighted by atomic mass is 16.5. The molecule has 1 saturated carbocycles. The lowest BCUT2D eigenvalue weighted by atomic mass is 9.85. The Bertz CT molecular complexity index is 480. The zero-order valence-corrected chi connectivity index (χ0v) is 11.9. The number of methoxy groups -OCH3 is 1. The van der Waals surface area contributed by atoms with Gasteiger partial charge in [0.1, 0.15) is 6.04 Å². The van der Waals surface area contributed by atoms with Gasteiger partial charge in [-0.2, -0.15) is 0 Å². The summed E-state index contributed by atoms with van der Waals surface area (Å²) >= 11 is 0. The van der Waals surface area contributed by atoms with Crippen LogP contribution in [0.25, 0.3) is 0 Å². The lowest BCUT2D eigenvalue weighted by Gasteiger charge is -2.28. The Kier molecular flexibility index (Phi) is 2.96.